The van der Waals surface area contributed by atoms with Crippen LogP contribution in [0.4, 0.5) is 11.4 Å². The average molecular weight is 432 g/mol. The molecule has 30 heavy (non-hydrogen) atoms. The standard InChI is InChI=1S/C19H14ClN3O7/c1-10(19(26)27)30-16-14(20)8-11(9-15(16)23(28)29)7-13-17(24)21-22(18(13)25)12-5-3-2-4-6-12/h2-10H,1H3,(H,21,24)(H,26,27). The molecule has 1 saturated heterocycles. The van der Waals surface area contributed by atoms with Crippen molar-refractivity contribution in [3.63, 3.8) is 0 Å². The number of benzene rings is 2. The van der Waals surface area contributed by atoms with Crippen LogP contribution >= 0.6 is 11.6 Å². The minimum atomic E-state index is -1.38. The van der Waals surface area contributed by atoms with E-state index < -0.39 is 40.2 Å². The number of aliphatic carboxylic acids is 1. The molecule has 2 amide bonds. The lowest BCUT2D eigenvalue weighted by molar-refractivity contribution is -0.386. The Balaban J connectivity index is 1.99. The molecule has 1 heterocycles. The van der Waals surface area contributed by atoms with Gasteiger partial charge in [0.15, 0.2) is 6.10 Å². The number of nitrogens with one attached hydrogen (secondary N) is 1. The Kier molecular flexibility index (Phi) is 5.70. The highest BCUT2D eigenvalue weighted by Crippen LogP contribution is 2.37. The summed E-state index contributed by atoms with van der Waals surface area (Å²) in [5, 5.41) is 21.2. The molecule has 3 rings (SSSR count). The van der Waals surface area contributed by atoms with Gasteiger partial charge in [-0.1, -0.05) is 29.8 Å². The first-order valence-electron chi connectivity index (χ1n) is 8.48. The van der Waals surface area contributed by atoms with Crippen molar-refractivity contribution in [1.82, 2.24) is 5.43 Å². The molecule has 2 N–H and O–H groups in total. The summed E-state index contributed by atoms with van der Waals surface area (Å²) >= 11 is 6.06. The molecule has 1 aliphatic rings. The van der Waals surface area contributed by atoms with E-state index in [-0.39, 0.29) is 16.2 Å². The molecule has 11 heteroatoms. The number of rotatable bonds is 6. The SMILES string of the molecule is CC(Oc1c(Cl)cc(C=C2C(=O)NN(c3ccccc3)C2=O)cc1[N+](=O)[O-])C(=O)O. The Morgan fingerprint density at radius 1 is 1.30 bits per heavy atom. The zero-order chi connectivity index (χ0) is 22.0. The quantitative estimate of drug-likeness (QED) is 0.310. The van der Waals surface area contributed by atoms with Crippen molar-refractivity contribution in [2.45, 2.75) is 13.0 Å². The van der Waals surface area contributed by atoms with E-state index in [1.54, 1.807) is 30.3 Å². The number of nitrogens with zero attached hydrogens (tertiary/aromatic N) is 2. The third kappa shape index (κ3) is 4.08. The van der Waals surface area contributed by atoms with E-state index in [1.807, 2.05) is 0 Å². The van der Waals surface area contributed by atoms with Gasteiger partial charge in [-0.15, -0.1) is 0 Å². The maximum atomic E-state index is 12.6. The number of carbonyl (C=O) groups excluding carboxylic acids is 2. The van der Waals surface area contributed by atoms with Crippen LogP contribution in [0.1, 0.15) is 12.5 Å². The molecule has 154 valence electrons. The number of nitro benzene ring substituents is 1. The summed E-state index contributed by atoms with van der Waals surface area (Å²) < 4.78 is 5.09. The number of carboxylic acids is 1. The highest BCUT2D eigenvalue weighted by atomic mass is 35.5. The van der Waals surface area contributed by atoms with Gasteiger partial charge < -0.3 is 9.84 Å². The minimum absolute atomic E-state index is 0.0930. The molecule has 2 aromatic carbocycles. The number of anilines is 1. The lowest BCUT2D eigenvalue weighted by Crippen LogP contribution is -2.35. The Morgan fingerprint density at radius 2 is 1.97 bits per heavy atom. The van der Waals surface area contributed by atoms with Crippen molar-refractivity contribution in [3.8, 4) is 5.75 Å². The monoisotopic (exact) mass is 431 g/mol. The largest absolute Gasteiger partial charge is 0.479 e. The second-order valence-corrected chi connectivity index (χ2v) is 6.59. The van der Waals surface area contributed by atoms with Crippen LogP contribution in [-0.4, -0.2) is 33.9 Å². The van der Waals surface area contributed by atoms with Crippen LogP contribution in [0.3, 0.4) is 0 Å². The molecule has 0 bridgehead atoms. The summed E-state index contributed by atoms with van der Waals surface area (Å²) in [6.45, 7) is 1.19. The van der Waals surface area contributed by atoms with Crippen molar-refractivity contribution < 1.29 is 29.2 Å². The summed E-state index contributed by atoms with van der Waals surface area (Å²) in [5.41, 5.74) is 2.09. The summed E-state index contributed by atoms with van der Waals surface area (Å²) in [5.74, 6) is -3.10. The number of carbonyl (C=O) groups is 3. The van der Waals surface area contributed by atoms with E-state index in [0.717, 1.165) is 17.2 Å². The van der Waals surface area contributed by atoms with Gasteiger partial charge in [-0.05, 0) is 36.8 Å². The first-order chi connectivity index (χ1) is 14.2. The topological polar surface area (TPSA) is 139 Å². The molecule has 0 saturated carbocycles. The maximum Gasteiger partial charge on any atom is 0.344 e. The van der Waals surface area contributed by atoms with E-state index in [2.05, 4.69) is 5.43 Å². The minimum Gasteiger partial charge on any atom is -0.479 e. The number of carboxylic acid groups (broad SMARTS) is 1. The van der Waals surface area contributed by atoms with Gasteiger partial charge in [0, 0.05) is 6.07 Å². The Hall–Kier alpha value is -3.92. The van der Waals surface area contributed by atoms with Crippen LogP contribution in [0.5, 0.6) is 5.75 Å². The van der Waals surface area contributed by atoms with Crippen molar-refractivity contribution in [2.75, 3.05) is 5.01 Å². The number of hydrazine groups is 1. The van der Waals surface area contributed by atoms with Crippen LogP contribution in [-0.2, 0) is 14.4 Å². The number of hydrogen-bond acceptors (Lipinski definition) is 6. The Morgan fingerprint density at radius 3 is 2.57 bits per heavy atom. The Labute approximate surface area is 174 Å². The predicted octanol–water partition coefficient (Wildman–Crippen LogP) is 2.56. The first-order valence-corrected chi connectivity index (χ1v) is 8.86. The predicted molar refractivity (Wildman–Crippen MR) is 106 cm³/mol. The first kappa shape index (κ1) is 20.8. The van der Waals surface area contributed by atoms with E-state index >= 15 is 0 Å². The van der Waals surface area contributed by atoms with Crippen molar-refractivity contribution >= 4 is 46.8 Å². The van der Waals surface area contributed by atoms with Crippen LogP contribution in [0.15, 0.2) is 48.0 Å². The highest BCUT2D eigenvalue weighted by Gasteiger charge is 2.34. The van der Waals surface area contributed by atoms with E-state index in [4.69, 9.17) is 21.4 Å². The number of para-hydroxylation sites is 1. The maximum absolute atomic E-state index is 12.6. The normalized spacial score (nSPS) is 15.8. The number of ether oxygens (including phenoxy) is 1. The average Bonchev–Trinajstić information content (AvgIpc) is 2.98. The van der Waals surface area contributed by atoms with Gasteiger partial charge in [-0.2, -0.15) is 0 Å². The van der Waals surface area contributed by atoms with Gasteiger partial charge in [0.05, 0.1) is 15.6 Å². The second-order valence-electron chi connectivity index (χ2n) is 6.18. The number of nitro groups is 1. The Bertz CT molecular complexity index is 1090. The van der Waals surface area contributed by atoms with Gasteiger partial charge in [-0.25, -0.2) is 9.80 Å². The summed E-state index contributed by atoms with van der Waals surface area (Å²) in [6, 6.07) is 10.6. The van der Waals surface area contributed by atoms with E-state index in [0.29, 0.717) is 5.69 Å². The fraction of sp³-hybridized carbons (Fsp3) is 0.105. The van der Waals surface area contributed by atoms with Crippen molar-refractivity contribution in [2.24, 2.45) is 0 Å². The van der Waals surface area contributed by atoms with Crippen LogP contribution in [0.2, 0.25) is 5.02 Å². The van der Waals surface area contributed by atoms with E-state index in [9.17, 15) is 24.5 Å². The number of amides is 2. The zero-order valence-corrected chi connectivity index (χ0v) is 16.1. The molecule has 0 radical (unpaired) electrons. The third-order valence-corrected chi connectivity index (χ3v) is 4.38. The third-order valence-electron chi connectivity index (χ3n) is 4.10. The molecule has 0 aliphatic carbocycles. The second kappa shape index (κ2) is 8.21. The number of hydrogen-bond donors (Lipinski definition) is 2. The molecular formula is C19H14ClN3O7. The van der Waals surface area contributed by atoms with E-state index in [1.165, 1.54) is 13.0 Å². The fourth-order valence-corrected chi connectivity index (χ4v) is 2.91. The summed E-state index contributed by atoms with van der Waals surface area (Å²) in [6.07, 6.45) is -0.226. The highest BCUT2D eigenvalue weighted by molar-refractivity contribution is 6.33. The molecule has 1 atom stereocenters. The molecule has 1 aliphatic heterocycles. The molecule has 2 aromatic rings. The van der Waals surface area contributed by atoms with Gasteiger partial charge in [0.2, 0.25) is 5.75 Å². The van der Waals surface area contributed by atoms with Gasteiger partial charge >= 0.3 is 11.7 Å². The van der Waals surface area contributed by atoms with Gasteiger partial charge in [0.1, 0.15) is 5.57 Å². The van der Waals surface area contributed by atoms with Crippen LogP contribution in [0, 0.1) is 10.1 Å². The van der Waals surface area contributed by atoms with Crippen LogP contribution in [0.25, 0.3) is 6.08 Å². The number of halogens is 1. The summed E-state index contributed by atoms with van der Waals surface area (Å²) in [4.78, 5) is 46.5. The van der Waals surface area contributed by atoms with Gasteiger partial charge in [0.25, 0.3) is 11.8 Å². The molecule has 0 aromatic heterocycles. The van der Waals surface area contributed by atoms with Gasteiger partial charge in [-0.3, -0.25) is 25.1 Å². The molecule has 1 fully saturated rings. The van der Waals surface area contributed by atoms with Crippen LogP contribution < -0.4 is 15.2 Å². The lowest BCUT2D eigenvalue weighted by Gasteiger charge is -2.14. The molecule has 10 nitrogen and oxygen atoms in total. The molecular weight excluding hydrogens is 418 g/mol. The fourth-order valence-electron chi connectivity index (χ4n) is 2.65. The summed E-state index contributed by atoms with van der Waals surface area (Å²) in [7, 11) is 0. The van der Waals surface area contributed by atoms with Crippen molar-refractivity contribution in [3.05, 3.63) is 68.7 Å². The van der Waals surface area contributed by atoms with Crippen molar-refractivity contribution in [1.29, 1.82) is 0 Å². The molecule has 1 unspecified atom stereocenters. The zero-order valence-electron chi connectivity index (χ0n) is 15.4. The molecule has 0 spiro atoms. The smallest absolute Gasteiger partial charge is 0.344 e. The lowest BCUT2D eigenvalue weighted by atomic mass is 10.1.